The van der Waals surface area contributed by atoms with Crippen molar-refractivity contribution in [2.45, 2.75) is 69.2 Å². The van der Waals surface area contributed by atoms with Crippen LogP contribution < -0.4 is 0 Å². The van der Waals surface area contributed by atoms with E-state index in [1.165, 1.54) is 0 Å². The molecule has 5 atom stereocenters. The normalized spacial score (nSPS) is 40.1. The van der Waals surface area contributed by atoms with Gasteiger partial charge in [0.1, 0.15) is 6.10 Å². The molecule has 0 aromatic carbocycles. The smallest absolute Gasteiger partial charge is 0.168 e. The van der Waals surface area contributed by atoms with Crippen LogP contribution in [0.1, 0.15) is 39.0 Å². The van der Waals surface area contributed by atoms with E-state index < -0.39 is 5.79 Å². The Labute approximate surface area is 127 Å². The fourth-order valence-electron chi connectivity index (χ4n) is 3.30. The highest BCUT2D eigenvalue weighted by Crippen LogP contribution is 2.37. The Balaban J connectivity index is 1.84. The van der Waals surface area contributed by atoms with Crippen molar-refractivity contribution in [2.24, 2.45) is 0 Å². The van der Waals surface area contributed by atoms with Gasteiger partial charge in [-0.2, -0.15) is 0 Å². The quantitative estimate of drug-likeness (QED) is 0.729. The van der Waals surface area contributed by atoms with Crippen LogP contribution in [0.25, 0.3) is 0 Å². The van der Waals surface area contributed by atoms with E-state index in [2.05, 4.69) is 13.5 Å². The van der Waals surface area contributed by atoms with Crippen molar-refractivity contribution < 1.29 is 24.1 Å². The number of rotatable bonds is 7. The molecular formula is C16H28O5. The van der Waals surface area contributed by atoms with E-state index in [0.717, 1.165) is 24.8 Å². The van der Waals surface area contributed by atoms with Gasteiger partial charge in [0, 0.05) is 27.1 Å². The van der Waals surface area contributed by atoms with Crippen LogP contribution >= 0.6 is 0 Å². The molecule has 0 saturated carbocycles. The van der Waals surface area contributed by atoms with Crippen LogP contribution in [0.4, 0.5) is 0 Å². The molecule has 2 aliphatic rings. The Bertz CT molecular complexity index is 359. The first kappa shape index (κ1) is 16.9. The van der Waals surface area contributed by atoms with Gasteiger partial charge < -0.3 is 24.1 Å². The van der Waals surface area contributed by atoms with E-state index in [-0.39, 0.29) is 24.4 Å². The Morgan fingerprint density at radius 3 is 2.76 bits per heavy atom. The van der Waals surface area contributed by atoms with Gasteiger partial charge in [-0.3, -0.25) is 0 Å². The molecule has 2 fully saturated rings. The van der Waals surface area contributed by atoms with Crippen molar-refractivity contribution in [1.29, 1.82) is 0 Å². The zero-order chi connectivity index (χ0) is 15.5. The molecular weight excluding hydrogens is 272 g/mol. The lowest BCUT2D eigenvalue weighted by atomic mass is 9.99. The lowest BCUT2D eigenvalue weighted by Crippen LogP contribution is -2.31. The minimum atomic E-state index is -1.14. The van der Waals surface area contributed by atoms with Crippen LogP contribution in [0.5, 0.6) is 0 Å². The SMILES string of the molecule is C=C1CC(CC[C@]2(O)C[C@@H](OC)C(COC)O2)O[C@H]1CC. The molecule has 0 aliphatic carbocycles. The van der Waals surface area contributed by atoms with Crippen LogP contribution in [-0.2, 0) is 18.9 Å². The van der Waals surface area contributed by atoms with Crippen molar-refractivity contribution in [3.05, 3.63) is 12.2 Å². The third-order valence-corrected chi connectivity index (χ3v) is 4.47. The highest BCUT2D eigenvalue weighted by molar-refractivity contribution is 5.09. The van der Waals surface area contributed by atoms with Gasteiger partial charge in [0.05, 0.1) is 24.9 Å². The van der Waals surface area contributed by atoms with Crippen LogP contribution in [0.2, 0.25) is 0 Å². The highest BCUT2D eigenvalue weighted by atomic mass is 16.7. The molecule has 21 heavy (non-hydrogen) atoms. The number of aliphatic hydroxyl groups is 1. The average molecular weight is 300 g/mol. The maximum Gasteiger partial charge on any atom is 0.168 e. The minimum absolute atomic E-state index is 0.127. The molecule has 0 spiro atoms. The molecule has 5 nitrogen and oxygen atoms in total. The summed E-state index contributed by atoms with van der Waals surface area (Å²) in [5, 5.41) is 10.6. The Morgan fingerprint density at radius 1 is 1.43 bits per heavy atom. The Morgan fingerprint density at radius 2 is 2.19 bits per heavy atom. The summed E-state index contributed by atoms with van der Waals surface area (Å²) in [6.07, 6.45) is 3.58. The topological polar surface area (TPSA) is 57.2 Å². The van der Waals surface area contributed by atoms with E-state index >= 15 is 0 Å². The van der Waals surface area contributed by atoms with Crippen molar-refractivity contribution >= 4 is 0 Å². The standard InChI is InChI=1S/C16H28O5/c1-5-13-11(2)8-12(20-13)6-7-16(17)9-14(19-4)15(21-16)10-18-3/h12-15,17H,2,5-10H2,1,3-4H3/t12?,13-,14+,15?,16+/m0/s1. The summed E-state index contributed by atoms with van der Waals surface area (Å²) in [5.74, 6) is -1.14. The first-order valence-corrected chi connectivity index (χ1v) is 7.76. The number of methoxy groups -OCH3 is 2. The van der Waals surface area contributed by atoms with Crippen molar-refractivity contribution in [3.8, 4) is 0 Å². The van der Waals surface area contributed by atoms with Gasteiger partial charge in [-0.25, -0.2) is 0 Å². The van der Waals surface area contributed by atoms with Crippen LogP contribution in [0, 0.1) is 0 Å². The van der Waals surface area contributed by atoms with Crippen LogP contribution in [0.15, 0.2) is 12.2 Å². The summed E-state index contributed by atoms with van der Waals surface area (Å²) in [6.45, 7) is 6.59. The van der Waals surface area contributed by atoms with Gasteiger partial charge in [0.25, 0.3) is 0 Å². The first-order valence-electron chi connectivity index (χ1n) is 7.76. The molecule has 1 N–H and O–H groups in total. The molecule has 0 radical (unpaired) electrons. The molecule has 2 saturated heterocycles. The van der Waals surface area contributed by atoms with Gasteiger partial charge in [-0.1, -0.05) is 13.5 Å². The third kappa shape index (κ3) is 4.05. The number of hydrogen-bond acceptors (Lipinski definition) is 5. The molecule has 2 heterocycles. The maximum absolute atomic E-state index is 10.6. The second-order valence-electron chi connectivity index (χ2n) is 6.09. The zero-order valence-electron chi connectivity index (χ0n) is 13.3. The summed E-state index contributed by atoms with van der Waals surface area (Å²) in [5.41, 5.74) is 1.16. The molecule has 122 valence electrons. The van der Waals surface area contributed by atoms with E-state index in [1.807, 2.05) is 0 Å². The van der Waals surface area contributed by atoms with Crippen molar-refractivity contribution in [1.82, 2.24) is 0 Å². The Hall–Kier alpha value is -0.460. The fourth-order valence-corrected chi connectivity index (χ4v) is 3.30. The van der Waals surface area contributed by atoms with Crippen LogP contribution in [-0.4, -0.2) is 56.1 Å². The van der Waals surface area contributed by atoms with E-state index in [9.17, 15) is 5.11 Å². The maximum atomic E-state index is 10.6. The molecule has 5 heteroatoms. The summed E-state index contributed by atoms with van der Waals surface area (Å²) < 4.78 is 22.2. The summed E-state index contributed by atoms with van der Waals surface area (Å²) in [7, 11) is 3.26. The lowest BCUT2D eigenvalue weighted by Gasteiger charge is -2.24. The van der Waals surface area contributed by atoms with Crippen molar-refractivity contribution in [3.63, 3.8) is 0 Å². The second-order valence-corrected chi connectivity index (χ2v) is 6.09. The summed E-state index contributed by atoms with van der Waals surface area (Å²) in [4.78, 5) is 0. The molecule has 0 aromatic heterocycles. The zero-order valence-corrected chi connectivity index (χ0v) is 13.3. The molecule has 0 aromatic rings. The van der Waals surface area contributed by atoms with E-state index in [1.54, 1.807) is 14.2 Å². The summed E-state index contributed by atoms with van der Waals surface area (Å²) in [6, 6.07) is 0. The van der Waals surface area contributed by atoms with E-state index in [0.29, 0.717) is 19.4 Å². The monoisotopic (exact) mass is 300 g/mol. The number of hydrogen-bond donors (Lipinski definition) is 1. The predicted molar refractivity (Wildman–Crippen MR) is 79.1 cm³/mol. The first-order chi connectivity index (χ1) is 10.0. The molecule has 0 bridgehead atoms. The largest absolute Gasteiger partial charge is 0.382 e. The van der Waals surface area contributed by atoms with Crippen molar-refractivity contribution in [2.75, 3.05) is 20.8 Å². The molecule has 2 unspecified atom stereocenters. The number of ether oxygens (including phenoxy) is 4. The fraction of sp³-hybridized carbons (Fsp3) is 0.875. The molecule has 2 aliphatic heterocycles. The molecule has 2 rings (SSSR count). The second kappa shape index (κ2) is 7.20. The van der Waals surface area contributed by atoms with Crippen LogP contribution in [0.3, 0.4) is 0 Å². The van der Waals surface area contributed by atoms with Gasteiger partial charge >= 0.3 is 0 Å². The van der Waals surface area contributed by atoms with Gasteiger partial charge in [0.15, 0.2) is 5.79 Å². The van der Waals surface area contributed by atoms with Gasteiger partial charge in [-0.15, -0.1) is 0 Å². The minimum Gasteiger partial charge on any atom is -0.382 e. The third-order valence-electron chi connectivity index (χ3n) is 4.47. The summed E-state index contributed by atoms with van der Waals surface area (Å²) >= 11 is 0. The highest BCUT2D eigenvalue weighted by Gasteiger charge is 2.46. The van der Waals surface area contributed by atoms with Gasteiger partial charge in [0.2, 0.25) is 0 Å². The molecule has 0 amide bonds. The lowest BCUT2D eigenvalue weighted by molar-refractivity contribution is -0.206. The Kier molecular flexibility index (Phi) is 5.80. The van der Waals surface area contributed by atoms with Gasteiger partial charge in [-0.05, 0) is 24.8 Å². The average Bonchev–Trinajstić information content (AvgIpc) is 2.98. The predicted octanol–water partition coefficient (Wildman–Crippen LogP) is 2.03. The van der Waals surface area contributed by atoms with E-state index in [4.69, 9.17) is 18.9 Å².